The number of nitrogens with one attached hydrogen (secondary N) is 1. The molecule has 0 aromatic heterocycles. The minimum absolute atomic E-state index is 0. The van der Waals surface area contributed by atoms with Gasteiger partial charge in [0.1, 0.15) is 0 Å². The third kappa shape index (κ3) is 6.45. The Balaban J connectivity index is 0.00000288. The van der Waals surface area contributed by atoms with E-state index in [-0.39, 0.29) is 30.1 Å². The Morgan fingerprint density at radius 3 is 2.58 bits per heavy atom. The molecule has 2 fully saturated rings. The maximum atomic E-state index is 12.4. The van der Waals surface area contributed by atoms with Crippen molar-refractivity contribution < 1.29 is 9.59 Å². The number of piperidine rings is 1. The molecule has 2 aliphatic heterocycles. The van der Waals surface area contributed by atoms with Crippen LogP contribution in [0.5, 0.6) is 0 Å². The summed E-state index contributed by atoms with van der Waals surface area (Å²) in [6.45, 7) is 5.46. The van der Waals surface area contributed by atoms with Crippen LogP contribution in [0.15, 0.2) is 0 Å². The monoisotopic (exact) mass is 377 g/mol. The second-order valence-corrected chi connectivity index (χ2v) is 7.85. The number of carbonyl (C=O) groups excluding carboxylic acids is 2. The fourth-order valence-electron chi connectivity index (χ4n) is 3.28. The van der Waals surface area contributed by atoms with Crippen molar-refractivity contribution in [3.8, 4) is 0 Å². The Bertz CT molecular complexity index is 397. The van der Waals surface area contributed by atoms with Crippen LogP contribution in [0.2, 0.25) is 0 Å². The number of amides is 2. The SMILES string of the molecule is CCCCN(C)C(=O)C1CCN(C(=O)CC2CSCCN2)CC1.Cl. The number of hydrogen-bond acceptors (Lipinski definition) is 4. The summed E-state index contributed by atoms with van der Waals surface area (Å²) < 4.78 is 0. The van der Waals surface area contributed by atoms with Gasteiger partial charge < -0.3 is 15.1 Å². The molecule has 0 spiro atoms. The van der Waals surface area contributed by atoms with Gasteiger partial charge in [-0.1, -0.05) is 13.3 Å². The van der Waals surface area contributed by atoms with Crippen molar-refractivity contribution in [2.24, 2.45) is 5.92 Å². The maximum absolute atomic E-state index is 12.4. The molecule has 0 aromatic rings. The lowest BCUT2D eigenvalue weighted by atomic mass is 9.95. The first kappa shape index (κ1) is 21.6. The summed E-state index contributed by atoms with van der Waals surface area (Å²) in [7, 11) is 1.90. The molecule has 0 radical (unpaired) electrons. The van der Waals surface area contributed by atoms with E-state index in [0.717, 1.165) is 63.4 Å². The molecule has 140 valence electrons. The highest BCUT2D eigenvalue weighted by Gasteiger charge is 2.29. The highest BCUT2D eigenvalue weighted by Crippen LogP contribution is 2.21. The third-order valence-corrected chi connectivity index (χ3v) is 5.97. The molecular weight excluding hydrogens is 346 g/mol. The van der Waals surface area contributed by atoms with Gasteiger partial charge in [0.15, 0.2) is 0 Å². The van der Waals surface area contributed by atoms with Crippen LogP contribution >= 0.6 is 24.2 Å². The zero-order valence-electron chi connectivity index (χ0n) is 15.0. The van der Waals surface area contributed by atoms with Gasteiger partial charge in [0.2, 0.25) is 11.8 Å². The minimum atomic E-state index is 0. The summed E-state index contributed by atoms with van der Waals surface area (Å²) >= 11 is 1.92. The molecule has 0 bridgehead atoms. The van der Waals surface area contributed by atoms with Crippen molar-refractivity contribution in [2.75, 3.05) is 44.7 Å². The van der Waals surface area contributed by atoms with Crippen molar-refractivity contribution in [1.29, 1.82) is 0 Å². The van der Waals surface area contributed by atoms with Gasteiger partial charge >= 0.3 is 0 Å². The number of hydrogen-bond donors (Lipinski definition) is 1. The average Bonchev–Trinajstić information content (AvgIpc) is 2.60. The summed E-state index contributed by atoms with van der Waals surface area (Å²) in [5, 5.41) is 3.42. The first-order valence-electron chi connectivity index (χ1n) is 8.95. The lowest BCUT2D eigenvalue weighted by Crippen LogP contribution is -2.46. The van der Waals surface area contributed by atoms with E-state index in [1.807, 2.05) is 28.6 Å². The van der Waals surface area contributed by atoms with Crippen molar-refractivity contribution in [3.63, 3.8) is 0 Å². The Kier molecular flexibility index (Phi) is 10.1. The number of unbranched alkanes of at least 4 members (excludes halogenated alkanes) is 1. The van der Waals surface area contributed by atoms with Gasteiger partial charge in [0.25, 0.3) is 0 Å². The molecule has 2 rings (SSSR count). The van der Waals surface area contributed by atoms with Crippen molar-refractivity contribution in [3.05, 3.63) is 0 Å². The maximum Gasteiger partial charge on any atom is 0.225 e. The Labute approximate surface area is 156 Å². The largest absolute Gasteiger partial charge is 0.346 e. The average molecular weight is 378 g/mol. The van der Waals surface area contributed by atoms with Gasteiger partial charge in [-0.3, -0.25) is 9.59 Å². The molecule has 0 aromatic carbocycles. The molecule has 1 N–H and O–H groups in total. The van der Waals surface area contributed by atoms with Crippen LogP contribution in [0.25, 0.3) is 0 Å². The van der Waals surface area contributed by atoms with E-state index in [0.29, 0.717) is 12.5 Å². The molecule has 2 amide bonds. The molecule has 24 heavy (non-hydrogen) atoms. The number of carbonyl (C=O) groups is 2. The van der Waals surface area contributed by atoms with Crippen LogP contribution in [0.1, 0.15) is 39.0 Å². The number of thioether (sulfide) groups is 1. The number of nitrogens with zero attached hydrogens (tertiary/aromatic N) is 2. The summed E-state index contributed by atoms with van der Waals surface area (Å²) in [6.07, 6.45) is 4.40. The van der Waals surface area contributed by atoms with Gasteiger partial charge in [-0.2, -0.15) is 11.8 Å². The Hall–Kier alpha value is -0.460. The molecule has 1 unspecified atom stereocenters. The smallest absolute Gasteiger partial charge is 0.225 e. The van der Waals surface area contributed by atoms with E-state index in [1.165, 1.54) is 0 Å². The lowest BCUT2D eigenvalue weighted by Gasteiger charge is -2.34. The van der Waals surface area contributed by atoms with Crippen LogP contribution in [-0.4, -0.2) is 72.4 Å². The second-order valence-electron chi connectivity index (χ2n) is 6.70. The standard InChI is InChI=1S/C17H31N3O2S.ClH/c1-3-4-8-19(2)17(22)14-5-9-20(10-6-14)16(21)12-15-13-23-11-7-18-15;/h14-15,18H,3-13H2,1-2H3;1H. The van der Waals surface area contributed by atoms with Crippen molar-refractivity contribution in [2.45, 2.75) is 45.1 Å². The number of halogens is 1. The van der Waals surface area contributed by atoms with Crippen molar-refractivity contribution in [1.82, 2.24) is 15.1 Å². The summed E-state index contributed by atoms with van der Waals surface area (Å²) in [4.78, 5) is 28.6. The summed E-state index contributed by atoms with van der Waals surface area (Å²) in [5.74, 6) is 2.78. The Morgan fingerprint density at radius 2 is 2.00 bits per heavy atom. The van der Waals surface area contributed by atoms with E-state index in [9.17, 15) is 9.59 Å². The van der Waals surface area contributed by atoms with Crippen LogP contribution < -0.4 is 5.32 Å². The number of rotatable bonds is 6. The fourth-order valence-corrected chi connectivity index (χ4v) is 4.23. The van der Waals surface area contributed by atoms with Crippen LogP contribution in [-0.2, 0) is 9.59 Å². The molecule has 7 heteroatoms. The first-order chi connectivity index (χ1) is 11.1. The van der Waals surface area contributed by atoms with Crippen LogP contribution in [0.3, 0.4) is 0 Å². The highest BCUT2D eigenvalue weighted by atomic mass is 35.5. The second kappa shape index (κ2) is 11.2. The molecular formula is C17H32ClN3O2S. The molecule has 1 atom stereocenters. The normalized spacial score (nSPS) is 21.9. The van der Waals surface area contributed by atoms with E-state index in [1.54, 1.807) is 0 Å². The van der Waals surface area contributed by atoms with E-state index in [4.69, 9.17) is 0 Å². The topological polar surface area (TPSA) is 52.7 Å². The zero-order valence-corrected chi connectivity index (χ0v) is 16.6. The van der Waals surface area contributed by atoms with Gasteiger partial charge in [-0.25, -0.2) is 0 Å². The van der Waals surface area contributed by atoms with E-state index in [2.05, 4.69) is 12.2 Å². The molecule has 2 heterocycles. The van der Waals surface area contributed by atoms with Crippen LogP contribution in [0.4, 0.5) is 0 Å². The zero-order chi connectivity index (χ0) is 16.7. The van der Waals surface area contributed by atoms with E-state index >= 15 is 0 Å². The number of likely N-dealkylation sites (tertiary alicyclic amines) is 1. The molecule has 0 saturated carbocycles. The highest BCUT2D eigenvalue weighted by molar-refractivity contribution is 7.99. The van der Waals surface area contributed by atoms with Gasteiger partial charge in [0.05, 0.1) is 0 Å². The van der Waals surface area contributed by atoms with Gasteiger partial charge in [0, 0.05) is 63.1 Å². The minimum Gasteiger partial charge on any atom is -0.346 e. The van der Waals surface area contributed by atoms with Gasteiger partial charge in [-0.15, -0.1) is 12.4 Å². The molecule has 2 aliphatic rings. The predicted molar refractivity (Wildman–Crippen MR) is 103 cm³/mol. The van der Waals surface area contributed by atoms with Gasteiger partial charge in [-0.05, 0) is 19.3 Å². The Morgan fingerprint density at radius 1 is 1.29 bits per heavy atom. The fraction of sp³-hybridized carbons (Fsp3) is 0.882. The third-order valence-electron chi connectivity index (χ3n) is 4.84. The molecule has 2 saturated heterocycles. The van der Waals surface area contributed by atoms with E-state index < -0.39 is 0 Å². The van der Waals surface area contributed by atoms with Crippen LogP contribution in [0, 0.1) is 5.92 Å². The summed E-state index contributed by atoms with van der Waals surface area (Å²) in [5.41, 5.74) is 0. The van der Waals surface area contributed by atoms with Crippen molar-refractivity contribution >= 4 is 36.0 Å². The molecule has 0 aliphatic carbocycles. The predicted octanol–water partition coefficient (Wildman–Crippen LogP) is 2.00. The molecule has 5 nitrogen and oxygen atoms in total. The summed E-state index contributed by atoms with van der Waals surface area (Å²) in [6, 6.07) is 0.320. The first-order valence-corrected chi connectivity index (χ1v) is 10.1. The lowest BCUT2D eigenvalue weighted by molar-refractivity contribution is -0.140. The quantitative estimate of drug-likeness (QED) is 0.769.